The zero-order chi connectivity index (χ0) is 12.8. The molecule has 2 heterocycles. The molecule has 0 N–H and O–H groups in total. The average molecular weight is 242 g/mol. The SMILES string of the molecule is CCC1(C)C=COc2c1c(=O)oc1ccccc21. The molecular weight excluding hydrogens is 228 g/mol. The number of para-hydroxylation sites is 1. The molecule has 92 valence electrons. The summed E-state index contributed by atoms with van der Waals surface area (Å²) in [5.74, 6) is 0.633. The van der Waals surface area contributed by atoms with Gasteiger partial charge in [-0.1, -0.05) is 26.0 Å². The van der Waals surface area contributed by atoms with Crippen molar-refractivity contribution in [2.75, 3.05) is 0 Å². The van der Waals surface area contributed by atoms with Crippen molar-refractivity contribution in [1.82, 2.24) is 0 Å². The van der Waals surface area contributed by atoms with E-state index >= 15 is 0 Å². The van der Waals surface area contributed by atoms with Crippen LogP contribution in [0.25, 0.3) is 11.0 Å². The third-order valence-corrected chi connectivity index (χ3v) is 3.69. The first kappa shape index (κ1) is 11.1. The van der Waals surface area contributed by atoms with E-state index in [1.807, 2.05) is 38.1 Å². The Labute approximate surface area is 105 Å². The van der Waals surface area contributed by atoms with Crippen molar-refractivity contribution >= 4 is 11.0 Å². The first-order valence-electron chi connectivity index (χ1n) is 6.06. The number of benzene rings is 1. The van der Waals surface area contributed by atoms with Crippen molar-refractivity contribution in [3.8, 4) is 5.75 Å². The van der Waals surface area contributed by atoms with E-state index in [-0.39, 0.29) is 11.0 Å². The van der Waals surface area contributed by atoms with Crippen molar-refractivity contribution in [3.05, 3.63) is 52.6 Å². The Kier molecular flexibility index (Phi) is 2.30. The molecule has 0 aliphatic carbocycles. The highest BCUT2D eigenvalue weighted by molar-refractivity contribution is 5.85. The van der Waals surface area contributed by atoms with E-state index in [9.17, 15) is 4.79 Å². The molecular formula is C15H14O3. The van der Waals surface area contributed by atoms with E-state index < -0.39 is 0 Å². The highest BCUT2D eigenvalue weighted by Crippen LogP contribution is 2.40. The van der Waals surface area contributed by atoms with Gasteiger partial charge in [-0.15, -0.1) is 0 Å². The predicted molar refractivity (Wildman–Crippen MR) is 69.9 cm³/mol. The Hall–Kier alpha value is -2.03. The largest absolute Gasteiger partial charge is 0.464 e. The van der Waals surface area contributed by atoms with Crippen LogP contribution in [0.3, 0.4) is 0 Å². The molecule has 0 radical (unpaired) electrons. The van der Waals surface area contributed by atoms with Crippen molar-refractivity contribution in [2.45, 2.75) is 25.7 Å². The first-order chi connectivity index (χ1) is 8.65. The van der Waals surface area contributed by atoms with Crippen LogP contribution in [-0.4, -0.2) is 0 Å². The lowest BCUT2D eigenvalue weighted by molar-refractivity contribution is 0.397. The molecule has 1 aliphatic heterocycles. The van der Waals surface area contributed by atoms with E-state index in [4.69, 9.17) is 9.15 Å². The summed E-state index contributed by atoms with van der Waals surface area (Å²) >= 11 is 0. The van der Waals surface area contributed by atoms with Gasteiger partial charge in [0, 0.05) is 5.41 Å². The molecule has 0 amide bonds. The van der Waals surface area contributed by atoms with Crippen LogP contribution in [0.15, 0.2) is 45.8 Å². The van der Waals surface area contributed by atoms with Gasteiger partial charge in [0.05, 0.1) is 17.2 Å². The van der Waals surface area contributed by atoms with Gasteiger partial charge in [-0.25, -0.2) is 4.79 Å². The molecule has 0 saturated heterocycles. The number of hydrogen-bond donors (Lipinski definition) is 0. The van der Waals surface area contributed by atoms with E-state index in [0.29, 0.717) is 16.9 Å². The molecule has 3 rings (SSSR count). The summed E-state index contributed by atoms with van der Waals surface area (Å²) in [6, 6.07) is 7.44. The summed E-state index contributed by atoms with van der Waals surface area (Å²) in [6.07, 6.45) is 4.40. The van der Waals surface area contributed by atoms with Gasteiger partial charge in [0.1, 0.15) is 11.3 Å². The van der Waals surface area contributed by atoms with Crippen molar-refractivity contribution in [2.24, 2.45) is 0 Å². The van der Waals surface area contributed by atoms with Crippen LogP contribution in [0.4, 0.5) is 0 Å². The van der Waals surface area contributed by atoms with Crippen LogP contribution >= 0.6 is 0 Å². The minimum Gasteiger partial charge on any atom is -0.464 e. The maximum absolute atomic E-state index is 12.2. The molecule has 1 atom stereocenters. The highest BCUT2D eigenvalue weighted by Gasteiger charge is 2.33. The smallest absolute Gasteiger partial charge is 0.344 e. The van der Waals surface area contributed by atoms with Crippen LogP contribution in [-0.2, 0) is 5.41 Å². The normalized spacial score (nSPS) is 21.7. The van der Waals surface area contributed by atoms with Crippen LogP contribution in [0.5, 0.6) is 5.75 Å². The van der Waals surface area contributed by atoms with E-state index in [1.54, 1.807) is 12.3 Å². The second-order valence-corrected chi connectivity index (χ2v) is 4.78. The minimum atomic E-state index is -0.321. The maximum Gasteiger partial charge on any atom is 0.344 e. The standard InChI is InChI=1S/C15H14O3/c1-3-15(2)8-9-17-13-10-6-4-5-7-11(10)18-14(16)12(13)15/h4-9H,3H2,1-2H3. The average Bonchev–Trinajstić information content (AvgIpc) is 2.39. The Balaban J connectivity index is 2.44. The van der Waals surface area contributed by atoms with E-state index in [2.05, 4.69) is 0 Å². The number of ether oxygens (including phenoxy) is 1. The van der Waals surface area contributed by atoms with Gasteiger partial charge in [-0.2, -0.15) is 0 Å². The molecule has 2 aromatic rings. The lowest BCUT2D eigenvalue weighted by Gasteiger charge is -2.28. The molecule has 0 spiro atoms. The van der Waals surface area contributed by atoms with E-state index in [1.165, 1.54) is 0 Å². The lowest BCUT2D eigenvalue weighted by atomic mass is 9.79. The van der Waals surface area contributed by atoms with Crippen molar-refractivity contribution in [1.29, 1.82) is 0 Å². The van der Waals surface area contributed by atoms with Crippen LogP contribution < -0.4 is 10.4 Å². The van der Waals surface area contributed by atoms with Gasteiger partial charge < -0.3 is 9.15 Å². The van der Waals surface area contributed by atoms with Crippen molar-refractivity contribution in [3.63, 3.8) is 0 Å². The van der Waals surface area contributed by atoms with Crippen molar-refractivity contribution < 1.29 is 9.15 Å². The Morgan fingerprint density at radius 3 is 2.83 bits per heavy atom. The quantitative estimate of drug-likeness (QED) is 0.720. The zero-order valence-electron chi connectivity index (χ0n) is 10.4. The maximum atomic E-state index is 12.2. The third kappa shape index (κ3) is 1.40. The molecule has 1 aromatic heterocycles. The summed E-state index contributed by atoms with van der Waals surface area (Å²) in [5.41, 5.74) is 0.552. The fraction of sp³-hybridized carbons (Fsp3) is 0.267. The molecule has 0 bridgehead atoms. The Bertz CT molecular complexity index is 696. The summed E-state index contributed by atoms with van der Waals surface area (Å²) < 4.78 is 11.0. The van der Waals surface area contributed by atoms with Gasteiger partial charge in [0.25, 0.3) is 0 Å². The molecule has 1 unspecified atom stereocenters. The molecule has 3 nitrogen and oxygen atoms in total. The molecule has 18 heavy (non-hydrogen) atoms. The molecule has 1 aromatic carbocycles. The van der Waals surface area contributed by atoms with Gasteiger partial charge >= 0.3 is 5.63 Å². The molecule has 0 fully saturated rings. The summed E-state index contributed by atoms with van der Waals surface area (Å²) in [6.45, 7) is 4.07. The summed E-state index contributed by atoms with van der Waals surface area (Å²) in [4.78, 5) is 12.2. The van der Waals surface area contributed by atoms with Crippen LogP contribution in [0.1, 0.15) is 25.8 Å². The number of rotatable bonds is 1. The van der Waals surface area contributed by atoms with E-state index in [0.717, 1.165) is 11.8 Å². The minimum absolute atomic E-state index is 0.308. The van der Waals surface area contributed by atoms with Gasteiger partial charge in [0.15, 0.2) is 0 Å². The second kappa shape index (κ2) is 3.73. The summed E-state index contributed by atoms with van der Waals surface area (Å²) in [7, 11) is 0. The first-order valence-corrected chi connectivity index (χ1v) is 6.06. The fourth-order valence-electron chi connectivity index (χ4n) is 2.37. The molecule has 3 heteroatoms. The number of hydrogen-bond acceptors (Lipinski definition) is 3. The Morgan fingerprint density at radius 2 is 2.06 bits per heavy atom. The highest BCUT2D eigenvalue weighted by atomic mass is 16.5. The zero-order valence-corrected chi connectivity index (χ0v) is 10.4. The Morgan fingerprint density at radius 1 is 1.28 bits per heavy atom. The third-order valence-electron chi connectivity index (χ3n) is 3.69. The van der Waals surface area contributed by atoms with Crippen LogP contribution in [0, 0.1) is 0 Å². The monoisotopic (exact) mass is 242 g/mol. The predicted octanol–water partition coefficient (Wildman–Crippen LogP) is 3.37. The molecule has 1 aliphatic rings. The fourth-order valence-corrected chi connectivity index (χ4v) is 2.37. The van der Waals surface area contributed by atoms with Gasteiger partial charge in [-0.05, 0) is 24.6 Å². The lowest BCUT2D eigenvalue weighted by Crippen LogP contribution is -2.29. The number of allylic oxidation sites excluding steroid dienone is 1. The summed E-state index contributed by atoms with van der Waals surface area (Å²) in [5, 5.41) is 0.844. The van der Waals surface area contributed by atoms with Gasteiger partial charge in [-0.3, -0.25) is 0 Å². The topological polar surface area (TPSA) is 39.4 Å². The second-order valence-electron chi connectivity index (χ2n) is 4.78. The number of fused-ring (bicyclic) bond motifs is 3. The van der Waals surface area contributed by atoms with Gasteiger partial charge in [0.2, 0.25) is 0 Å². The van der Waals surface area contributed by atoms with Crippen LogP contribution in [0.2, 0.25) is 0 Å². The molecule has 0 saturated carbocycles.